The molecule has 0 unspecified atom stereocenters. The second-order valence-corrected chi connectivity index (χ2v) is 6.77. The summed E-state index contributed by atoms with van der Waals surface area (Å²) in [5.74, 6) is -0.540. The monoisotopic (exact) mass is 433 g/mol. The second-order valence-electron chi connectivity index (χ2n) is 5.97. The molecule has 2 N–H and O–H groups in total. The molecule has 0 aliphatic heterocycles. The van der Waals surface area contributed by atoms with Gasteiger partial charge in [0.15, 0.2) is 0 Å². The van der Waals surface area contributed by atoms with Gasteiger partial charge in [-0.2, -0.15) is 30.7 Å². The van der Waals surface area contributed by atoms with E-state index in [1.807, 2.05) is 24.3 Å². The highest BCUT2D eigenvalue weighted by Crippen LogP contribution is 2.37. The molecule has 0 radical (unpaired) electrons. The van der Waals surface area contributed by atoms with Gasteiger partial charge in [-0.05, 0) is 41.9 Å². The molecule has 29 heavy (non-hydrogen) atoms. The zero-order valence-corrected chi connectivity index (χ0v) is 15.3. The number of amides is 1. The minimum atomic E-state index is -5.11. The summed E-state index contributed by atoms with van der Waals surface area (Å²) in [6, 6.07) is 8.32. The lowest BCUT2D eigenvalue weighted by atomic mass is 10.0. The number of alkyl halides is 6. The molecule has 2 aromatic carbocycles. The molecule has 0 saturated heterocycles. The van der Waals surface area contributed by atoms with E-state index in [-0.39, 0.29) is 19.2 Å². The highest BCUT2D eigenvalue weighted by Gasteiger charge is 2.39. The minimum Gasteiger partial charge on any atom is -0.367 e. The van der Waals surface area contributed by atoms with Crippen molar-refractivity contribution in [2.24, 2.45) is 0 Å². The highest BCUT2D eigenvalue weighted by molar-refractivity contribution is 7.13. The standard InChI is InChI=1S/C18H13F6N3OS/c19-17(20,21)10-5-6-11(13(9-10)18(22,23)24)16(28)26-8-7-25-15-12-3-1-2-4-14(12)29-27-15/h1-6,9H,7-8H2,(H,25,27)(H,26,28). The lowest BCUT2D eigenvalue weighted by Crippen LogP contribution is -2.30. The van der Waals surface area contributed by atoms with E-state index in [9.17, 15) is 31.1 Å². The number of aromatic nitrogens is 1. The molecule has 0 saturated carbocycles. The molecule has 1 heterocycles. The Labute approximate surface area is 164 Å². The van der Waals surface area contributed by atoms with Crippen molar-refractivity contribution in [3.05, 3.63) is 59.2 Å². The molecule has 0 aliphatic rings. The smallest absolute Gasteiger partial charge is 0.367 e. The van der Waals surface area contributed by atoms with Gasteiger partial charge in [-0.15, -0.1) is 0 Å². The molecule has 0 spiro atoms. The first-order valence-corrected chi connectivity index (χ1v) is 8.99. The molecular formula is C18H13F6N3OS. The first-order valence-electron chi connectivity index (χ1n) is 8.22. The van der Waals surface area contributed by atoms with Crippen LogP contribution in [-0.2, 0) is 12.4 Å². The Bertz CT molecular complexity index is 1030. The fourth-order valence-electron chi connectivity index (χ4n) is 2.62. The molecule has 0 fully saturated rings. The van der Waals surface area contributed by atoms with Crippen LogP contribution in [0.15, 0.2) is 42.5 Å². The summed E-state index contributed by atoms with van der Waals surface area (Å²) < 4.78 is 82.7. The van der Waals surface area contributed by atoms with E-state index in [4.69, 9.17) is 0 Å². The van der Waals surface area contributed by atoms with Crippen LogP contribution in [0, 0.1) is 0 Å². The van der Waals surface area contributed by atoms with Crippen LogP contribution in [0.25, 0.3) is 10.1 Å². The quantitative estimate of drug-likeness (QED) is 0.431. The van der Waals surface area contributed by atoms with Crippen molar-refractivity contribution in [1.82, 2.24) is 9.69 Å². The van der Waals surface area contributed by atoms with Crippen molar-refractivity contribution in [1.29, 1.82) is 0 Å². The number of benzene rings is 2. The Hall–Kier alpha value is -2.82. The molecular weight excluding hydrogens is 420 g/mol. The Morgan fingerprint density at radius 3 is 2.38 bits per heavy atom. The SMILES string of the molecule is O=C(NCCNc1nsc2ccccc12)c1ccc(C(F)(F)F)cc1C(F)(F)F. The second kappa shape index (κ2) is 7.90. The number of hydrogen-bond acceptors (Lipinski definition) is 4. The molecule has 4 nitrogen and oxygen atoms in total. The van der Waals surface area contributed by atoms with E-state index in [1.165, 1.54) is 11.5 Å². The van der Waals surface area contributed by atoms with Gasteiger partial charge in [0.25, 0.3) is 5.91 Å². The average molecular weight is 433 g/mol. The van der Waals surface area contributed by atoms with Gasteiger partial charge in [-0.3, -0.25) is 4.79 Å². The highest BCUT2D eigenvalue weighted by atomic mass is 32.1. The number of nitrogens with one attached hydrogen (secondary N) is 2. The fraction of sp³-hybridized carbons (Fsp3) is 0.222. The van der Waals surface area contributed by atoms with Crippen LogP contribution in [-0.4, -0.2) is 23.4 Å². The largest absolute Gasteiger partial charge is 0.417 e. The third kappa shape index (κ3) is 4.78. The summed E-state index contributed by atoms with van der Waals surface area (Å²) in [5, 5.41) is 6.10. The van der Waals surface area contributed by atoms with E-state index in [1.54, 1.807) is 0 Å². The zero-order chi connectivity index (χ0) is 21.2. The summed E-state index contributed by atoms with van der Waals surface area (Å²) >= 11 is 1.27. The van der Waals surface area contributed by atoms with Crippen LogP contribution in [0.2, 0.25) is 0 Å². The number of anilines is 1. The van der Waals surface area contributed by atoms with Crippen molar-refractivity contribution in [3.8, 4) is 0 Å². The van der Waals surface area contributed by atoms with Crippen LogP contribution in [0.3, 0.4) is 0 Å². The van der Waals surface area contributed by atoms with E-state index in [2.05, 4.69) is 15.0 Å². The maximum atomic E-state index is 13.1. The van der Waals surface area contributed by atoms with E-state index < -0.39 is 35.0 Å². The Morgan fingerprint density at radius 1 is 0.966 bits per heavy atom. The molecule has 154 valence electrons. The number of halogens is 6. The number of hydrogen-bond donors (Lipinski definition) is 2. The Morgan fingerprint density at radius 2 is 1.69 bits per heavy atom. The topological polar surface area (TPSA) is 54.0 Å². The minimum absolute atomic E-state index is 0.0526. The molecule has 0 bridgehead atoms. The summed E-state index contributed by atoms with van der Waals surface area (Å²) in [6.45, 7) is 0.116. The van der Waals surface area contributed by atoms with E-state index >= 15 is 0 Å². The average Bonchev–Trinajstić information content (AvgIpc) is 3.06. The van der Waals surface area contributed by atoms with Crippen LogP contribution < -0.4 is 10.6 Å². The van der Waals surface area contributed by atoms with Crippen molar-refractivity contribution >= 4 is 33.3 Å². The fourth-order valence-corrected chi connectivity index (χ4v) is 3.37. The molecule has 1 aromatic heterocycles. The number of fused-ring (bicyclic) bond motifs is 1. The summed E-state index contributed by atoms with van der Waals surface area (Å²) in [7, 11) is 0. The van der Waals surface area contributed by atoms with Crippen LogP contribution in [0.1, 0.15) is 21.5 Å². The van der Waals surface area contributed by atoms with Gasteiger partial charge < -0.3 is 10.6 Å². The first kappa shape index (κ1) is 20.9. The molecule has 3 aromatic rings. The van der Waals surface area contributed by atoms with Gasteiger partial charge >= 0.3 is 12.4 Å². The maximum Gasteiger partial charge on any atom is 0.417 e. The molecule has 0 atom stereocenters. The normalized spacial score (nSPS) is 12.2. The van der Waals surface area contributed by atoms with Gasteiger partial charge in [0.1, 0.15) is 5.82 Å². The summed E-state index contributed by atoms with van der Waals surface area (Å²) in [6.07, 6.45) is -10.1. The van der Waals surface area contributed by atoms with Gasteiger partial charge in [-0.1, -0.05) is 12.1 Å². The van der Waals surface area contributed by atoms with E-state index in [0.717, 1.165) is 10.1 Å². The Balaban J connectivity index is 1.67. The summed E-state index contributed by atoms with van der Waals surface area (Å²) in [5.41, 5.74) is -3.98. The van der Waals surface area contributed by atoms with Crippen molar-refractivity contribution in [2.45, 2.75) is 12.4 Å². The molecule has 11 heteroatoms. The van der Waals surface area contributed by atoms with Crippen LogP contribution in [0.4, 0.5) is 32.2 Å². The number of carbonyl (C=O) groups is 1. The number of carbonyl (C=O) groups excluding carboxylic acids is 1. The predicted molar refractivity (Wildman–Crippen MR) is 96.9 cm³/mol. The van der Waals surface area contributed by atoms with Gasteiger partial charge in [0.2, 0.25) is 0 Å². The van der Waals surface area contributed by atoms with E-state index in [0.29, 0.717) is 18.0 Å². The number of rotatable bonds is 5. The predicted octanol–water partition coefficient (Wildman–Crippen LogP) is 5.18. The third-order valence-electron chi connectivity index (χ3n) is 3.98. The van der Waals surface area contributed by atoms with Crippen molar-refractivity contribution in [2.75, 3.05) is 18.4 Å². The third-order valence-corrected chi connectivity index (χ3v) is 4.80. The molecule has 1 amide bonds. The lowest BCUT2D eigenvalue weighted by molar-refractivity contribution is -0.143. The van der Waals surface area contributed by atoms with Crippen LogP contribution in [0.5, 0.6) is 0 Å². The zero-order valence-electron chi connectivity index (χ0n) is 14.5. The van der Waals surface area contributed by atoms with Gasteiger partial charge in [0, 0.05) is 18.5 Å². The maximum absolute atomic E-state index is 13.1. The van der Waals surface area contributed by atoms with Gasteiger partial charge in [-0.25, -0.2) is 0 Å². The molecule has 0 aliphatic carbocycles. The first-order chi connectivity index (χ1) is 13.6. The number of nitrogens with zero attached hydrogens (tertiary/aromatic N) is 1. The lowest BCUT2D eigenvalue weighted by Gasteiger charge is -2.16. The van der Waals surface area contributed by atoms with Gasteiger partial charge in [0.05, 0.1) is 21.4 Å². The van der Waals surface area contributed by atoms with Crippen LogP contribution >= 0.6 is 11.5 Å². The Kier molecular flexibility index (Phi) is 5.69. The summed E-state index contributed by atoms with van der Waals surface area (Å²) in [4.78, 5) is 12.1. The van der Waals surface area contributed by atoms with Crippen molar-refractivity contribution < 1.29 is 31.1 Å². The molecule has 3 rings (SSSR count). The van der Waals surface area contributed by atoms with Crippen molar-refractivity contribution in [3.63, 3.8) is 0 Å².